The van der Waals surface area contributed by atoms with Crippen LogP contribution in [-0.2, 0) is 12.8 Å². The number of rotatable bonds is 10. The van der Waals surface area contributed by atoms with Gasteiger partial charge in [0.25, 0.3) is 0 Å². The zero-order valence-corrected chi connectivity index (χ0v) is 17.2. The summed E-state index contributed by atoms with van der Waals surface area (Å²) >= 11 is 0. The van der Waals surface area contributed by atoms with Gasteiger partial charge in [-0.15, -0.1) is 0 Å². The molecule has 2 rings (SSSR count). The van der Waals surface area contributed by atoms with Crippen LogP contribution >= 0.6 is 0 Å². The van der Waals surface area contributed by atoms with Crippen molar-refractivity contribution in [2.45, 2.75) is 98.3 Å². The maximum Gasteiger partial charge on any atom is 0.164 e. The summed E-state index contributed by atoms with van der Waals surface area (Å²) < 4.78 is 0. The Hall–Kier alpha value is -1.38. The fourth-order valence-corrected chi connectivity index (χ4v) is 3.65. The van der Waals surface area contributed by atoms with Gasteiger partial charge in [0.15, 0.2) is 11.5 Å². The molecule has 1 saturated carbocycles. The van der Waals surface area contributed by atoms with E-state index >= 15 is 0 Å². The predicted molar refractivity (Wildman–Crippen MR) is 108 cm³/mol. The highest BCUT2D eigenvalue weighted by atomic mass is 16.3. The molecule has 1 aromatic rings. The van der Waals surface area contributed by atoms with Crippen molar-refractivity contribution in [3.05, 3.63) is 17.2 Å². The topological polar surface area (TPSA) is 60.7 Å². The van der Waals surface area contributed by atoms with E-state index < -0.39 is 0 Å². The lowest BCUT2D eigenvalue weighted by molar-refractivity contribution is 0.356. The maximum atomic E-state index is 10.6. The molecule has 0 bridgehead atoms. The number of unbranched alkanes of at least 4 members (excludes halogenated alkanes) is 3. The highest BCUT2D eigenvalue weighted by molar-refractivity contribution is 5.56. The highest BCUT2D eigenvalue weighted by Gasteiger charge is 2.35. The van der Waals surface area contributed by atoms with E-state index in [0.717, 1.165) is 44.1 Å². The number of phenolic OH excluding ortho intramolecular Hbond substituents is 3. The number of hydrogen-bond donors (Lipinski definition) is 3. The molecule has 0 heterocycles. The lowest BCUT2D eigenvalue weighted by atomic mass is 9.89. The van der Waals surface area contributed by atoms with Crippen LogP contribution in [-0.4, -0.2) is 15.3 Å². The minimum absolute atomic E-state index is 0.100. The molecule has 0 saturated heterocycles. The molecule has 3 heteroatoms. The standard InChI is InChI=1S/C23H38O3/c1-22(2,3)12-8-5-6-11-18-20(25)17(16-19(24)21(18)26)10-7-9-13-23(4)14-15-23/h16,24-26H,5-15H2,1-4H3. The summed E-state index contributed by atoms with van der Waals surface area (Å²) in [6.07, 6.45) is 11.8. The summed E-state index contributed by atoms with van der Waals surface area (Å²) in [6, 6.07) is 1.53. The van der Waals surface area contributed by atoms with Gasteiger partial charge in [0.1, 0.15) is 5.75 Å². The van der Waals surface area contributed by atoms with Crippen molar-refractivity contribution in [1.82, 2.24) is 0 Å². The Morgan fingerprint density at radius 2 is 1.54 bits per heavy atom. The largest absolute Gasteiger partial charge is 0.507 e. The molecule has 1 aliphatic rings. The highest BCUT2D eigenvalue weighted by Crippen LogP contribution is 2.49. The molecule has 3 nitrogen and oxygen atoms in total. The summed E-state index contributed by atoms with van der Waals surface area (Å²) in [7, 11) is 0. The summed E-state index contributed by atoms with van der Waals surface area (Å²) in [5.41, 5.74) is 2.20. The van der Waals surface area contributed by atoms with E-state index in [4.69, 9.17) is 0 Å². The molecule has 1 aromatic carbocycles. The van der Waals surface area contributed by atoms with Gasteiger partial charge in [0, 0.05) is 5.56 Å². The predicted octanol–water partition coefficient (Wildman–Crippen LogP) is 6.47. The number of aryl methyl sites for hydroxylation is 1. The van der Waals surface area contributed by atoms with E-state index in [9.17, 15) is 15.3 Å². The molecule has 0 aliphatic heterocycles. The smallest absolute Gasteiger partial charge is 0.164 e. The Morgan fingerprint density at radius 3 is 2.15 bits per heavy atom. The van der Waals surface area contributed by atoms with Crippen LogP contribution in [0, 0.1) is 10.8 Å². The van der Waals surface area contributed by atoms with Crippen LogP contribution in [0.15, 0.2) is 6.07 Å². The number of benzene rings is 1. The average molecular weight is 363 g/mol. The molecule has 0 aromatic heterocycles. The molecule has 0 atom stereocenters. The molecule has 3 N–H and O–H groups in total. The van der Waals surface area contributed by atoms with Crippen molar-refractivity contribution in [2.75, 3.05) is 0 Å². The maximum absolute atomic E-state index is 10.6. The Labute approximate surface area is 159 Å². The van der Waals surface area contributed by atoms with Gasteiger partial charge in [-0.3, -0.25) is 0 Å². The number of phenols is 3. The van der Waals surface area contributed by atoms with Gasteiger partial charge in [-0.05, 0) is 73.8 Å². The molecule has 148 valence electrons. The zero-order valence-electron chi connectivity index (χ0n) is 17.2. The van der Waals surface area contributed by atoms with Crippen molar-refractivity contribution < 1.29 is 15.3 Å². The quantitative estimate of drug-likeness (QED) is 0.254. The SMILES string of the molecule is CC(C)(C)CCCCCc1c(O)c(O)cc(CCCCC2(C)CC2)c1O. The molecule has 0 radical (unpaired) electrons. The van der Waals surface area contributed by atoms with E-state index in [1.165, 1.54) is 31.7 Å². The summed E-state index contributed by atoms with van der Waals surface area (Å²) in [5.74, 6) is -0.0574. The van der Waals surface area contributed by atoms with Crippen LogP contribution in [0.2, 0.25) is 0 Å². The Morgan fingerprint density at radius 1 is 0.885 bits per heavy atom. The van der Waals surface area contributed by atoms with E-state index in [1.54, 1.807) is 0 Å². The fourth-order valence-electron chi connectivity index (χ4n) is 3.65. The second kappa shape index (κ2) is 8.54. The molecule has 0 spiro atoms. The van der Waals surface area contributed by atoms with Gasteiger partial charge >= 0.3 is 0 Å². The second-order valence-corrected chi connectivity index (χ2v) is 9.87. The zero-order chi connectivity index (χ0) is 19.4. The van der Waals surface area contributed by atoms with Crippen LogP contribution in [0.25, 0.3) is 0 Å². The number of hydrogen-bond acceptors (Lipinski definition) is 3. The average Bonchev–Trinajstić information content (AvgIpc) is 3.28. The summed E-state index contributed by atoms with van der Waals surface area (Å²) in [4.78, 5) is 0. The van der Waals surface area contributed by atoms with Crippen LogP contribution < -0.4 is 0 Å². The van der Waals surface area contributed by atoms with Gasteiger partial charge in [-0.2, -0.15) is 0 Å². The minimum Gasteiger partial charge on any atom is -0.507 e. The third-order valence-electron chi connectivity index (χ3n) is 5.86. The number of aromatic hydroxyl groups is 3. The van der Waals surface area contributed by atoms with Gasteiger partial charge in [0.2, 0.25) is 0 Å². The van der Waals surface area contributed by atoms with Crippen LogP contribution in [0.1, 0.15) is 96.6 Å². The van der Waals surface area contributed by atoms with Crippen LogP contribution in [0.3, 0.4) is 0 Å². The minimum atomic E-state index is -0.146. The van der Waals surface area contributed by atoms with Gasteiger partial charge in [0.05, 0.1) is 0 Å². The van der Waals surface area contributed by atoms with E-state index in [1.807, 2.05) is 0 Å². The van der Waals surface area contributed by atoms with Crippen molar-refractivity contribution in [3.63, 3.8) is 0 Å². The van der Waals surface area contributed by atoms with E-state index in [-0.39, 0.29) is 17.2 Å². The van der Waals surface area contributed by atoms with Crippen molar-refractivity contribution in [1.29, 1.82) is 0 Å². The van der Waals surface area contributed by atoms with Crippen molar-refractivity contribution >= 4 is 0 Å². The summed E-state index contributed by atoms with van der Waals surface area (Å²) in [5, 5.41) is 30.8. The first kappa shape index (κ1) is 20.9. The third kappa shape index (κ3) is 6.41. The molecule has 26 heavy (non-hydrogen) atoms. The molecule has 0 unspecified atom stereocenters. The second-order valence-electron chi connectivity index (χ2n) is 9.87. The van der Waals surface area contributed by atoms with E-state index in [0.29, 0.717) is 22.8 Å². The van der Waals surface area contributed by atoms with Crippen LogP contribution in [0.5, 0.6) is 17.2 Å². The van der Waals surface area contributed by atoms with Crippen molar-refractivity contribution in [2.24, 2.45) is 10.8 Å². The normalized spacial score (nSPS) is 16.0. The lowest BCUT2D eigenvalue weighted by Crippen LogP contribution is -2.04. The van der Waals surface area contributed by atoms with Gasteiger partial charge in [-0.25, -0.2) is 0 Å². The molecule has 0 amide bonds. The van der Waals surface area contributed by atoms with Crippen LogP contribution in [0.4, 0.5) is 0 Å². The fraction of sp³-hybridized carbons (Fsp3) is 0.739. The summed E-state index contributed by atoms with van der Waals surface area (Å²) in [6.45, 7) is 9.08. The third-order valence-corrected chi connectivity index (χ3v) is 5.86. The molecule has 1 fully saturated rings. The Balaban J connectivity index is 1.87. The molecular weight excluding hydrogens is 324 g/mol. The van der Waals surface area contributed by atoms with E-state index in [2.05, 4.69) is 27.7 Å². The first-order valence-corrected chi connectivity index (χ1v) is 10.4. The lowest BCUT2D eigenvalue weighted by Gasteiger charge is -2.18. The van der Waals surface area contributed by atoms with Crippen molar-refractivity contribution in [3.8, 4) is 17.2 Å². The Kier molecular flexibility index (Phi) is 6.87. The van der Waals surface area contributed by atoms with Gasteiger partial charge < -0.3 is 15.3 Å². The molecular formula is C23H38O3. The first-order chi connectivity index (χ1) is 12.1. The Bertz CT molecular complexity index is 594. The van der Waals surface area contributed by atoms with Gasteiger partial charge in [-0.1, -0.05) is 47.0 Å². The monoisotopic (exact) mass is 362 g/mol. The first-order valence-electron chi connectivity index (χ1n) is 10.4. The molecule has 1 aliphatic carbocycles.